The van der Waals surface area contributed by atoms with Gasteiger partial charge in [-0.25, -0.2) is 0 Å². The Bertz CT molecular complexity index is 583. The predicted octanol–water partition coefficient (Wildman–Crippen LogP) is 1.93. The lowest BCUT2D eigenvalue weighted by atomic mass is 10.1. The molecule has 22 heavy (non-hydrogen) atoms. The van der Waals surface area contributed by atoms with Gasteiger partial charge in [0.1, 0.15) is 6.04 Å². The van der Waals surface area contributed by atoms with Crippen molar-refractivity contribution >= 4 is 23.4 Å². The SMILES string of the molecule is Cc1cc(Cl)c(C(=O)N[C@@H](C)C(=O)N2CCOCC2)cc1C. The van der Waals surface area contributed by atoms with Gasteiger partial charge in [-0.3, -0.25) is 9.59 Å². The largest absolute Gasteiger partial charge is 0.378 e. The molecule has 1 N–H and O–H groups in total. The first-order valence-corrected chi connectivity index (χ1v) is 7.72. The Balaban J connectivity index is 2.04. The smallest absolute Gasteiger partial charge is 0.253 e. The number of aryl methyl sites for hydroxylation is 2. The first-order chi connectivity index (χ1) is 10.4. The Hall–Kier alpha value is -1.59. The van der Waals surface area contributed by atoms with Gasteiger partial charge in [0.25, 0.3) is 5.91 Å². The van der Waals surface area contributed by atoms with Gasteiger partial charge >= 0.3 is 0 Å². The van der Waals surface area contributed by atoms with Gasteiger partial charge in [0, 0.05) is 13.1 Å². The van der Waals surface area contributed by atoms with E-state index in [1.165, 1.54) is 0 Å². The molecule has 0 saturated carbocycles. The molecule has 1 aromatic carbocycles. The number of hydrogen-bond acceptors (Lipinski definition) is 3. The fourth-order valence-corrected chi connectivity index (χ4v) is 2.65. The maximum atomic E-state index is 12.3. The van der Waals surface area contributed by atoms with E-state index in [0.717, 1.165) is 11.1 Å². The monoisotopic (exact) mass is 324 g/mol. The summed E-state index contributed by atoms with van der Waals surface area (Å²) < 4.78 is 5.22. The van der Waals surface area contributed by atoms with E-state index in [4.69, 9.17) is 16.3 Å². The lowest BCUT2D eigenvalue weighted by molar-refractivity contribution is -0.136. The molecule has 1 aliphatic rings. The van der Waals surface area contributed by atoms with Crippen molar-refractivity contribution in [3.05, 3.63) is 33.8 Å². The molecular weight excluding hydrogens is 304 g/mol. The maximum absolute atomic E-state index is 12.3. The summed E-state index contributed by atoms with van der Waals surface area (Å²) in [7, 11) is 0. The molecule has 0 aromatic heterocycles. The second kappa shape index (κ2) is 7.11. The number of nitrogens with zero attached hydrogens (tertiary/aromatic N) is 1. The van der Waals surface area contributed by atoms with Crippen LogP contribution in [0.2, 0.25) is 5.02 Å². The second-order valence-corrected chi connectivity index (χ2v) is 5.96. The number of hydrogen-bond donors (Lipinski definition) is 1. The highest BCUT2D eigenvalue weighted by Gasteiger charge is 2.24. The van der Waals surface area contributed by atoms with Crippen LogP contribution in [-0.2, 0) is 9.53 Å². The van der Waals surface area contributed by atoms with Crippen molar-refractivity contribution in [1.29, 1.82) is 0 Å². The number of rotatable bonds is 3. The van der Waals surface area contributed by atoms with E-state index in [0.29, 0.717) is 36.9 Å². The van der Waals surface area contributed by atoms with E-state index < -0.39 is 6.04 Å². The van der Waals surface area contributed by atoms with E-state index in [2.05, 4.69) is 5.32 Å². The van der Waals surface area contributed by atoms with Crippen LogP contribution in [0.25, 0.3) is 0 Å². The summed E-state index contributed by atoms with van der Waals surface area (Å²) in [5, 5.41) is 3.12. The minimum atomic E-state index is -0.594. The molecule has 1 heterocycles. The van der Waals surface area contributed by atoms with Crippen molar-refractivity contribution in [3.8, 4) is 0 Å². The number of ether oxygens (including phenoxy) is 1. The van der Waals surface area contributed by atoms with Crippen LogP contribution >= 0.6 is 11.6 Å². The van der Waals surface area contributed by atoms with Crippen LogP contribution in [0.15, 0.2) is 12.1 Å². The van der Waals surface area contributed by atoms with E-state index in [-0.39, 0.29) is 11.8 Å². The van der Waals surface area contributed by atoms with Crippen LogP contribution < -0.4 is 5.32 Å². The molecule has 2 rings (SSSR count). The van der Waals surface area contributed by atoms with Crippen molar-refractivity contribution in [2.75, 3.05) is 26.3 Å². The summed E-state index contributed by atoms with van der Waals surface area (Å²) >= 11 is 6.14. The quantitative estimate of drug-likeness (QED) is 0.924. The molecule has 120 valence electrons. The topological polar surface area (TPSA) is 58.6 Å². The first kappa shape index (κ1) is 16.8. The number of nitrogens with one attached hydrogen (secondary N) is 1. The highest BCUT2D eigenvalue weighted by molar-refractivity contribution is 6.34. The molecule has 0 bridgehead atoms. The molecular formula is C16H21ClN2O3. The second-order valence-electron chi connectivity index (χ2n) is 5.55. The Morgan fingerprint density at radius 1 is 1.23 bits per heavy atom. The predicted molar refractivity (Wildman–Crippen MR) is 85.3 cm³/mol. The van der Waals surface area contributed by atoms with Gasteiger partial charge in [-0.05, 0) is 44.0 Å². The summed E-state index contributed by atoms with van der Waals surface area (Å²) in [6, 6.07) is 2.92. The molecule has 1 aromatic rings. The molecule has 6 heteroatoms. The third-order valence-electron chi connectivity index (χ3n) is 3.87. The summed E-state index contributed by atoms with van der Waals surface area (Å²) in [6.07, 6.45) is 0. The van der Waals surface area contributed by atoms with E-state index >= 15 is 0 Å². The summed E-state index contributed by atoms with van der Waals surface area (Å²) in [6.45, 7) is 7.74. The number of morpholine rings is 1. The molecule has 1 saturated heterocycles. The molecule has 2 amide bonds. The van der Waals surface area contributed by atoms with Crippen LogP contribution in [0, 0.1) is 13.8 Å². The van der Waals surface area contributed by atoms with Crippen molar-refractivity contribution in [2.24, 2.45) is 0 Å². The van der Waals surface area contributed by atoms with Gasteiger partial charge in [-0.1, -0.05) is 11.6 Å². The Morgan fingerprint density at radius 3 is 2.45 bits per heavy atom. The van der Waals surface area contributed by atoms with Crippen molar-refractivity contribution in [1.82, 2.24) is 10.2 Å². The lowest BCUT2D eigenvalue weighted by Gasteiger charge is -2.29. The molecule has 0 unspecified atom stereocenters. The summed E-state index contributed by atoms with van der Waals surface area (Å²) in [5.41, 5.74) is 2.41. The number of benzene rings is 1. The highest BCUT2D eigenvalue weighted by Crippen LogP contribution is 2.21. The molecule has 0 spiro atoms. The third-order valence-corrected chi connectivity index (χ3v) is 4.18. The standard InChI is InChI=1S/C16H21ClN2O3/c1-10-8-13(14(17)9-11(10)2)15(20)18-12(3)16(21)19-4-6-22-7-5-19/h8-9,12H,4-7H2,1-3H3,(H,18,20)/t12-/m0/s1. The minimum absolute atomic E-state index is 0.100. The van der Waals surface area contributed by atoms with Gasteiger partial charge in [0.05, 0.1) is 23.8 Å². The zero-order valence-electron chi connectivity index (χ0n) is 13.1. The minimum Gasteiger partial charge on any atom is -0.378 e. The van der Waals surface area contributed by atoms with Crippen molar-refractivity contribution in [2.45, 2.75) is 26.8 Å². The van der Waals surface area contributed by atoms with E-state index in [9.17, 15) is 9.59 Å². The maximum Gasteiger partial charge on any atom is 0.253 e. The van der Waals surface area contributed by atoms with Crippen molar-refractivity contribution < 1.29 is 14.3 Å². The van der Waals surface area contributed by atoms with Gasteiger partial charge in [-0.2, -0.15) is 0 Å². The fraction of sp³-hybridized carbons (Fsp3) is 0.500. The number of amides is 2. The van der Waals surface area contributed by atoms with Crippen LogP contribution in [0.1, 0.15) is 28.4 Å². The van der Waals surface area contributed by atoms with Crippen LogP contribution in [0.5, 0.6) is 0 Å². The molecule has 5 nitrogen and oxygen atoms in total. The van der Waals surface area contributed by atoms with Crippen LogP contribution in [-0.4, -0.2) is 49.1 Å². The normalized spacial score (nSPS) is 16.3. The number of carbonyl (C=O) groups excluding carboxylic acids is 2. The summed E-state index contributed by atoms with van der Waals surface area (Å²) in [4.78, 5) is 26.3. The Kier molecular flexibility index (Phi) is 5.42. The van der Waals surface area contributed by atoms with Crippen LogP contribution in [0.4, 0.5) is 0 Å². The Morgan fingerprint density at radius 2 is 1.82 bits per heavy atom. The molecule has 1 fully saturated rings. The van der Waals surface area contributed by atoms with E-state index in [1.54, 1.807) is 24.0 Å². The van der Waals surface area contributed by atoms with Gasteiger partial charge in [-0.15, -0.1) is 0 Å². The average Bonchev–Trinajstić information content (AvgIpc) is 2.50. The molecule has 1 aliphatic heterocycles. The number of halogens is 1. The molecule has 0 radical (unpaired) electrons. The average molecular weight is 325 g/mol. The molecule has 1 atom stereocenters. The summed E-state index contributed by atoms with van der Waals surface area (Å²) in [5.74, 6) is -0.432. The van der Waals surface area contributed by atoms with Gasteiger partial charge in [0.2, 0.25) is 5.91 Å². The highest BCUT2D eigenvalue weighted by atomic mass is 35.5. The first-order valence-electron chi connectivity index (χ1n) is 7.34. The molecule has 0 aliphatic carbocycles. The van der Waals surface area contributed by atoms with Crippen molar-refractivity contribution in [3.63, 3.8) is 0 Å². The van der Waals surface area contributed by atoms with E-state index in [1.807, 2.05) is 13.8 Å². The number of carbonyl (C=O) groups is 2. The Labute approximate surface area is 135 Å². The lowest BCUT2D eigenvalue weighted by Crippen LogP contribution is -2.50. The third kappa shape index (κ3) is 3.78. The fourth-order valence-electron chi connectivity index (χ4n) is 2.35. The van der Waals surface area contributed by atoms with Gasteiger partial charge < -0.3 is 15.0 Å². The van der Waals surface area contributed by atoms with Crippen LogP contribution in [0.3, 0.4) is 0 Å². The van der Waals surface area contributed by atoms with Gasteiger partial charge in [0.15, 0.2) is 0 Å². The zero-order valence-corrected chi connectivity index (χ0v) is 13.9. The zero-order chi connectivity index (χ0) is 16.3.